The number of hydrogen-bond acceptors (Lipinski definition) is 2. The molecule has 0 heterocycles. The molecule has 0 amide bonds. The SMILES string of the molecule is CC(C)(C)NC(=S)NC/C=C/CNC(=S)NC(C)(C)C. The van der Waals surface area contributed by atoms with Gasteiger partial charge in [0.2, 0.25) is 0 Å². The highest BCUT2D eigenvalue weighted by molar-refractivity contribution is 7.80. The number of nitrogens with one attached hydrogen (secondary N) is 4. The van der Waals surface area contributed by atoms with Gasteiger partial charge in [-0.2, -0.15) is 0 Å². The molecule has 20 heavy (non-hydrogen) atoms. The summed E-state index contributed by atoms with van der Waals surface area (Å²) in [7, 11) is 0. The van der Waals surface area contributed by atoms with Crippen LogP contribution in [0.4, 0.5) is 0 Å². The Labute approximate surface area is 134 Å². The average Bonchev–Trinajstić information content (AvgIpc) is 2.17. The van der Waals surface area contributed by atoms with E-state index in [9.17, 15) is 0 Å². The zero-order valence-electron chi connectivity index (χ0n) is 13.4. The Morgan fingerprint density at radius 3 is 1.30 bits per heavy atom. The van der Waals surface area contributed by atoms with E-state index < -0.39 is 0 Å². The molecular weight excluding hydrogens is 288 g/mol. The summed E-state index contributed by atoms with van der Waals surface area (Å²) in [6, 6.07) is 0. The van der Waals surface area contributed by atoms with Crippen molar-refractivity contribution in [2.24, 2.45) is 0 Å². The van der Waals surface area contributed by atoms with Crippen molar-refractivity contribution in [2.75, 3.05) is 13.1 Å². The summed E-state index contributed by atoms with van der Waals surface area (Å²) in [5.41, 5.74) is -0.0274. The maximum absolute atomic E-state index is 5.18. The molecule has 0 aromatic carbocycles. The summed E-state index contributed by atoms with van der Waals surface area (Å²) in [6.07, 6.45) is 4.03. The molecule has 0 aliphatic rings. The Kier molecular flexibility index (Phi) is 8.05. The molecule has 0 aromatic heterocycles. The minimum Gasteiger partial charge on any atom is -0.359 e. The molecule has 4 N–H and O–H groups in total. The highest BCUT2D eigenvalue weighted by atomic mass is 32.1. The minimum atomic E-state index is -0.0137. The maximum Gasteiger partial charge on any atom is 0.166 e. The zero-order valence-corrected chi connectivity index (χ0v) is 15.0. The summed E-state index contributed by atoms with van der Waals surface area (Å²) in [6.45, 7) is 13.8. The molecule has 0 aliphatic heterocycles. The van der Waals surface area contributed by atoms with Gasteiger partial charge in [0.1, 0.15) is 0 Å². The first-order chi connectivity index (χ1) is 8.99. The lowest BCUT2D eigenvalue weighted by molar-refractivity contribution is 0.507. The molecule has 0 saturated heterocycles. The summed E-state index contributed by atoms with van der Waals surface area (Å²) < 4.78 is 0. The quantitative estimate of drug-likeness (QED) is 0.471. The van der Waals surface area contributed by atoms with Crippen LogP contribution in [0, 0.1) is 0 Å². The fourth-order valence-corrected chi connectivity index (χ4v) is 2.02. The second-order valence-electron chi connectivity index (χ2n) is 6.64. The van der Waals surface area contributed by atoms with Crippen molar-refractivity contribution >= 4 is 34.7 Å². The summed E-state index contributed by atoms with van der Waals surface area (Å²) in [5.74, 6) is 0. The highest BCUT2D eigenvalue weighted by Gasteiger charge is 2.10. The largest absolute Gasteiger partial charge is 0.359 e. The van der Waals surface area contributed by atoms with E-state index in [1.54, 1.807) is 0 Å². The molecule has 0 saturated carbocycles. The van der Waals surface area contributed by atoms with E-state index >= 15 is 0 Å². The zero-order chi connectivity index (χ0) is 15.8. The standard InChI is InChI=1S/C14H28N4S2/c1-13(2,3)17-11(19)15-9-7-8-10-16-12(20)18-14(4,5)6/h7-8H,9-10H2,1-6H3,(H2,15,17,19)(H2,16,18,20)/b8-7+. The first-order valence-electron chi connectivity index (χ1n) is 6.77. The molecule has 6 heteroatoms. The van der Waals surface area contributed by atoms with Gasteiger partial charge in [-0.15, -0.1) is 0 Å². The van der Waals surface area contributed by atoms with Gasteiger partial charge < -0.3 is 21.3 Å². The second kappa shape index (κ2) is 8.42. The van der Waals surface area contributed by atoms with E-state index in [1.807, 2.05) is 12.2 Å². The van der Waals surface area contributed by atoms with E-state index in [0.717, 1.165) is 0 Å². The van der Waals surface area contributed by atoms with Crippen LogP contribution in [-0.2, 0) is 0 Å². The Bertz CT molecular complexity index is 317. The van der Waals surface area contributed by atoms with Crippen LogP contribution in [0.25, 0.3) is 0 Å². The summed E-state index contributed by atoms with van der Waals surface area (Å²) in [4.78, 5) is 0. The van der Waals surface area contributed by atoms with Crippen LogP contribution in [0.5, 0.6) is 0 Å². The van der Waals surface area contributed by atoms with Crippen molar-refractivity contribution in [3.63, 3.8) is 0 Å². The second-order valence-corrected chi connectivity index (χ2v) is 7.46. The fraction of sp³-hybridized carbons (Fsp3) is 0.714. The van der Waals surface area contributed by atoms with Crippen LogP contribution in [0.1, 0.15) is 41.5 Å². The number of thiocarbonyl (C=S) groups is 2. The predicted molar refractivity (Wildman–Crippen MR) is 96.1 cm³/mol. The van der Waals surface area contributed by atoms with Crippen molar-refractivity contribution in [1.29, 1.82) is 0 Å². The van der Waals surface area contributed by atoms with E-state index in [2.05, 4.69) is 62.8 Å². The van der Waals surface area contributed by atoms with Crippen molar-refractivity contribution in [2.45, 2.75) is 52.6 Å². The molecule has 0 spiro atoms. The normalized spacial score (nSPS) is 12.1. The molecule has 0 fully saturated rings. The van der Waals surface area contributed by atoms with E-state index in [1.165, 1.54) is 0 Å². The van der Waals surface area contributed by atoms with Crippen LogP contribution in [0.15, 0.2) is 12.2 Å². The number of hydrogen-bond donors (Lipinski definition) is 4. The topological polar surface area (TPSA) is 48.1 Å². The van der Waals surface area contributed by atoms with Crippen LogP contribution < -0.4 is 21.3 Å². The fourth-order valence-electron chi connectivity index (χ4n) is 1.24. The van der Waals surface area contributed by atoms with E-state index in [0.29, 0.717) is 23.3 Å². The van der Waals surface area contributed by atoms with Crippen LogP contribution in [0.2, 0.25) is 0 Å². The van der Waals surface area contributed by atoms with Crippen molar-refractivity contribution < 1.29 is 0 Å². The molecule has 0 aliphatic carbocycles. The monoisotopic (exact) mass is 316 g/mol. The summed E-state index contributed by atoms with van der Waals surface area (Å²) >= 11 is 10.4. The van der Waals surface area contributed by atoms with Crippen LogP contribution >= 0.6 is 24.4 Å². The molecule has 0 unspecified atom stereocenters. The predicted octanol–water partition coefficient (Wildman–Crippen LogP) is 2.07. The first-order valence-corrected chi connectivity index (χ1v) is 7.58. The van der Waals surface area contributed by atoms with Crippen LogP contribution in [-0.4, -0.2) is 34.4 Å². The summed E-state index contributed by atoms with van der Waals surface area (Å²) in [5, 5.41) is 14.0. The number of rotatable bonds is 4. The van der Waals surface area contributed by atoms with Gasteiger partial charge in [-0.3, -0.25) is 0 Å². The van der Waals surface area contributed by atoms with Gasteiger partial charge in [0.25, 0.3) is 0 Å². The van der Waals surface area contributed by atoms with Gasteiger partial charge >= 0.3 is 0 Å². The van der Waals surface area contributed by atoms with Gasteiger partial charge in [-0.05, 0) is 66.0 Å². The Morgan fingerprint density at radius 1 is 0.750 bits per heavy atom. The maximum atomic E-state index is 5.18. The third kappa shape index (κ3) is 13.5. The molecule has 0 radical (unpaired) electrons. The third-order valence-electron chi connectivity index (χ3n) is 1.90. The lowest BCUT2D eigenvalue weighted by Gasteiger charge is -2.23. The van der Waals surface area contributed by atoms with Crippen molar-refractivity contribution in [3.05, 3.63) is 12.2 Å². The van der Waals surface area contributed by atoms with Crippen LogP contribution in [0.3, 0.4) is 0 Å². The minimum absolute atomic E-state index is 0.0137. The molecule has 0 aromatic rings. The average molecular weight is 317 g/mol. The molecule has 0 bridgehead atoms. The third-order valence-corrected chi connectivity index (χ3v) is 2.40. The molecular formula is C14H28N4S2. The van der Waals surface area contributed by atoms with Gasteiger partial charge in [0.05, 0.1) is 0 Å². The van der Waals surface area contributed by atoms with Gasteiger partial charge in [-0.1, -0.05) is 12.2 Å². The van der Waals surface area contributed by atoms with Crippen molar-refractivity contribution in [3.8, 4) is 0 Å². The van der Waals surface area contributed by atoms with E-state index in [-0.39, 0.29) is 11.1 Å². The van der Waals surface area contributed by atoms with Crippen molar-refractivity contribution in [1.82, 2.24) is 21.3 Å². The Morgan fingerprint density at radius 2 is 1.05 bits per heavy atom. The Balaban J connectivity index is 3.73. The van der Waals surface area contributed by atoms with Gasteiger partial charge in [0.15, 0.2) is 10.2 Å². The lowest BCUT2D eigenvalue weighted by Crippen LogP contribution is -2.46. The molecule has 0 rings (SSSR count). The Hall–Kier alpha value is -0.880. The molecule has 4 nitrogen and oxygen atoms in total. The molecule has 116 valence electrons. The van der Waals surface area contributed by atoms with Gasteiger partial charge in [-0.25, -0.2) is 0 Å². The highest BCUT2D eigenvalue weighted by Crippen LogP contribution is 1.98. The van der Waals surface area contributed by atoms with Gasteiger partial charge in [0, 0.05) is 24.2 Å². The molecule has 0 atom stereocenters. The van der Waals surface area contributed by atoms with E-state index in [4.69, 9.17) is 24.4 Å². The lowest BCUT2D eigenvalue weighted by atomic mass is 10.1. The smallest absolute Gasteiger partial charge is 0.166 e. The first kappa shape index (κ1) is 19.1.